The van der Waals surface area contributed by atoms with E-state index in [2.05, 4.69) is 20.8 Å². The molecule has 1 amide bonds. The summed E-state index contributed by atoms with van der Waals surface area (Å²) < 4.78 is 39.6. The summed E-state index contributed by atoms with van der Waals surface area (Å²) in [5.41, 5.74) is 0.573. The van der Waals surface area contributed by atoms with Gasteiger partial charge < -0.3 is 10.6 Å². The Morgan fingerprint density at radius 3 is 2.27 bits per heavy atom. The number of nitrogens with zero attached hydrogens (tertiary/aromatic N) is 2. The molecule has 5 nitrogen and oxygen atoms in total. The standard InChI is InChI=1S/C18H13F3N4O/c19-13-4-2-1-3-11(13)9-18(26)23-17-8-7-16(24-25-17)22-12-5-6-14(20)15(21)10-12/h1-8,10H,9H2,(H,22,24)(H,23,25,26). The summed E-state index contributed by atoms with van der Waals surface area (Å²) in [6.07, 6.45) is -0.136. The molecule has 0 unspecified atom stereocenters. The van der Waals surface area contributed by atoms with Crippen molar-refractivity contribution in [1.29, 1.82) is 0 Å². The minimum atomic E-state index is -0.986. The van der Waals surface area contributed by atoms with Crippen LogP contribution < -0.4 is 10.6 Å². The van der Waals surface area contributed by atoms with Crippen LogP contribution in [0.25, 0.3) is 0 Å². The van der Waals surface area contributed by atoms with E-state index in [1.54, 1.807) is 12.1 Å². The second-order valence-corrected chi connectivity index (χ2v) is 5.37. The Bertz CT molecular complexity index is 932. The largest absolute Gasteiger partial charge is 0.339 e. The lowest BCUT2D eigenvalue weighted by Gasteiger charge is -2.07. The van der Waals surface area contributed by atoms with Crippen molar-refractivity contribution in [3.8, 4) is 0 Å². The van der Waals surface area contributed by atoms with E-state index in [0.717, 1.165) is 12.1 Å². The third-order valence-corrected chi connectivity index (χ3v) is 3.43. The summed E-state index contributed by atoms with van der Waals surface area (Å²) in [5.74, 6) is -2.37. The molecule has 0 saturated heterocycles. The number of carbonyl (C=O) groups is 1. The van der Waals surface area contributed by atoms with Crippen LogP contribution in [0, 0.1) is 17.5 Å². The predicted octanol–water partition coefficient (Wildman–Crippen LogP) is 3.82. The number of halogens is 3. The first kappa shape index (κ1) is 17.4. The molecule has 0 aliphatic rings. The first-order valence-corrected chi connectivity index (χ1v) is 7.60. The van der Waals surface area contributed by atoms with Crippen molar-refractivity contribution in [3.05, 3.63) is 77.6 Å². The van der Waals surface area contributed by atoms with Gasteiger partial charge in [-0.05, 0) is 35.9 Å². The first-order chi connectivity index (χ1) is 12.5. The van der Waals surface area contributed by atoms with Gasteiger partial charge in [-0.2, -0.15) is 0 Å². The average Bonchev–Trinajstić information content (AvgIpc) is 2.62. The smallest absolute Gasteiger partial charge is 0.230 e. The monoisotopic (exact) mass is 358 g/mol. The fourth-order valence-electron chi connectivity index (χ4n) is 2.19. The van der Waals surface area contributed by atoms with Crippen LogP contribution in [0.15, 0.2) is 54.6 Å². The van der Waals surface area contributed by atoms with Crippen LogP contribution in [0.3, 0.4) is 0 Å². The molecule has 3 aromatic rings. The molecule has 0 atom stereocenters. The van der Waals surface area contributed by atoms with Crippen molar-refractivity contribution < 1.29 is 18.0 Å². The summed E-state index contributed by atoms with van der Waals surface area (Å²) >= 11 is 0. The van der Waals surface area contributed by atoms with Crippen molar-refractivity contribution in [2.24, 2.45) is 0 Å². The fraction of sp³-hybridized carbons (Fsp3) is 0.0556. The van der Waals surface area contributed by atoms with Crippen LogP contribution in [-0.2, 0) is 11.2 Å². The molecule has 1 aromatic heterocycles. The van der Waals surface area contributed by atoms with Gasteiger partial charge in [0.1, 0.15) is 5.82 Å². The maximum absolute atomic E-state index is 13.5. The number of carbonyl (C=O) groups excluding carboxylic acids is 1. The minimum Gasteiger partial charge on any atom is -0.339 e. The second kappa shape index (κ2) is 7.64. The van der Waals surface area contributed by atoms with Gasteiger partial charge in [0.15, 0.2) is 23.3 Å². The molecule has 0 radical (unpaired) electrons. The van der Waals surface area contributed by atoms with Gasteiger partial charge >= 0.3 is 0 Å². The molecule has 0 fully saturated rings. The third kappa shape index (κ3) is 4.35. The van der Waals surface area contributed by atoms with E-state index in [0.29, 0.717) is 5.69 Å². The highest BCUT2D eigenvalue weighted by Gasteiger charge is 2.09. The highest BCUT2D eigenvalue weighted by atomic mass is 19.2. The van der Waals surface area contributed by atoms with Gasteiger partial charge in [-0.15, -0.1) is 10.2 Å². The number of nitrogens with one attached hydrogen (secondary N) is 2. The van der Waals surface area contributed by atoms with E-state index in [1.165, 1.54) is 30.3 Å². The average molecular weight is 358 g/mol. The zero-order valence-electron chi connectivity index (χ0n) is 13.3. The fourth-order valence-corrected chi connectivity index (χ4v) is 2.19. The van der Waals surface area contributed by atoms with E-state index in [-0.39, 0.29) is 23.6 Å². The van der Waals surface area contributed by atoms with E-state index in [9.17, 15) is 18.0 Å². The van der Waals surface area contributed by atoms with Crippen LogP contribution >= 0.6 is 0 Å². The van der Waals surface area contributed by atoms with Crippen LogP contribution in [0.2, 0.25) is 0 Å². The van der Waals surface area contributed by atoms with Crippen LogP contribution in [-0.4, -0.2) is 16.1 Å². The molecular formula is C18H13F3N4O. The van der Waals surface area contributed by atoms with Crippen LogP contribution in [0.4, 0.5) is 30.5 Å². The highest BCUT2D eigenvalue weighted by molar-refractivity contribution is 5.91. The van der Waals surface area contributed by atoms with E-state index in [4.69, 9.17) is 0 Å². The van der Waals surface area contributed by atoms with Gasteiger partial charge in [0, 0.05) is 11.8 Å². The van der Waals surface area contributed by atoms with Crippen LogP contribution in [0.1, 0.15) is 5.56 Å². The SMILES string of the molecule is O=C(Cc1ccccc1F)Nc1ccc(Nc2ccc(F)c(F)c2)nn1. The third-order valence-electron chi connectivity index (χ3n) is 3.43. The van der Waals surface area contributed by atoms with Crippen molar-refractivity contribution in [3.63, 3.8) is 0 Å². The van der Waals surface area contributed by atoms with E-state index in [1.807, 2.05) is 0 Å². The Hall–Kier alpha value is -3.42. The number of aromatic nitrogens is 2. The van der Waals surface area contributed by atoms with Gasteiger partial charge in [-0.3, -0.25) is 4.79 Å². The normalized spacial score (nSPS) is 10.4. The molecule has 0 bridgehead atoms. The summed E-state index contributed by atoms with van der Waals surface area (Å²) in [5, 5.41) is 12.9. The van der Waals surface area contributed by atoms with Gasteiger partial charge in [0.2, 0.25) is 5.91 Å². The number of benzene rings is 2. The van der Waals surface area contributed by atoms with Gasteiger partial charge in [-0.25, -0.2) is 13.2 Å². The zero-order chi connectivity index (χ0) is 18.5. The summed E-state index contributed by atoms with van der Waals surface area (Å²) in [6.45, 7) is 0. The van der Waals surface area contributed by atoms with Crippen molar-refractivity contribution in [2.75, 3.05) is 10.6 Å². The molecule has 132 valence electrons. The molecule has 2 N–H and O–H groups in total. The van der Waals surface area contributed by atoms with Crippen molar-refractivity contribution in [2.45, 2.75) is 6.42 Å². The highest BCUT2D eigenvalue weighted by Crippen LogP contribution is 2.18. The Kier molecular flexibility index (Phi) is 5.12. The molecule has 0 aliphatic carbocycles. The van der Waals surface area contributed by atoms with Crippen molar-refractivity contribution >= 4 is 23.2 Å². The Morgan fingerprint density at radius 1 is 0.846 bits per heavy atom. The van der Waals surface area contributed by atoms with E-state index < -0.39 is 23.4 Å². The zero-order valence-corrected chi connectivity index (χ0v) is 13.3. The number of amides is 1. The van der Waals surface area contributed by atoms with Gasteiger partial charge in [0.05, 0.1) is 6.42 Å². The Morgan fingerprint density at radius 2 is 1.58 bits per heavy atom. The summed E-state index contributed by atoms with van der Waals surface area (Å²) in [4.78, 5) is 11.9. The maximum atomic E-state index is 13.5. The van der Waals surface area contributed by atoms with Gasteiger partial charge in [0.25, 0.3) is 0 Å². The maximum Gasteiger partial charge on any atom is 0.230 e. The summed E-state index contributed by atoms with van der Waals surface area (Å²) in [6, 6.07) is 12.3. The number of hydrogen-bond donors (Lipinski definition) is 2. The molecule has 26 heavy (non-hydrogen) atoms. The molecule has 3 rings (SSSR count). The predicted molar refractivity (Wildman–Crippen MR) is 90.4 cm³/mol. The summed E-state index contributed by atoms with van der Waals surface area (Å²) in [7, 11) is 0. The first-order valence-electron chi connectivity index (χ1n) is 7.60. The lowest BCUT2D eigenvalue weighted by Crippen LogP contribution is -2.16. The molecule has 0 spiro atoms. The second-order valence-electron chi connectivity index (χ2n) is 5.37. The molecule has 2 aromatic carbocycles. The molecule has 1 heterocycles. The lowest BCUT2D eigenvalue weighted by molar-refractivity contribution is -0.115. The lowest BCUT2D eigenvalue weighted by atomic mass is 10.1. The van der Waals surface area contributed by atoms with E-state index >= 15 is 0 Å². The topological polar surface area (TPSA) is 66.9 Å². The number of hydrogen-bond acceptors (Lipinski definition) is 4. The quantitative estimate of drug-likeness (QED) is 0.728. The van der Waals surface area contributed by atoms with Crippen molar-refractivity contribution in [1.82, 2.24) is 10.2 Å². The Balaban J connectivity index is 1.61. The minimum absolute atomic E-state index is 0.136. The Labute approximate surface area is 146 Å². The molecule has 0 aliphatic heterocycles. The molecule has 0 saturated carbocycles. The number of rotatable bonds is 5. The van der Waals surface area contributed by atoms with Crippen LogP contribution in [0.5, 0.6) is 0 Å². The molecular weight excluding hydrogens is 345 g/mol. The number of anilines is 3. The van der Waals surface area contributed by atoms with Gasteiger partial charge in [-0.1, -0.05) is 18.2 Å². The molecule has 8 heteroatoms.